The van der Waals surface area contributed by atoms with E-state index in [0.717, 1.165) is 48.4 Å². The fourth-order valence-electron chi connectivity index (χ4n) is 3.91. The molecule has 0 spiro atoms. The van der Waals surface area contributed by atoms with Gasteiger partial charge in [0, 0.05) is 25.2 Å². The number of nitrogens with two attached hydrogens (primary N) is 1. The summed E-state index contributed by atoms with van der Waals surface area (Å²) in [5, 5.41) is 0. The molecule has 0 bridgehead atoms. The maximum Gasteiger partial charge on any atom is 0.254 e. The van der Waals surface area contributed by atoms with E-state index in [-0.39, 0.29) is 11.9 Å². The minimum atomic E-state index is 0.0315. The van der Waals surface area contributed by atoms with Crippen LogP contribution in [-0.2, 0) is 13.1 Å². The molecule has 1 aromatic heterocycles. The molecule has 2 aromatic carbocycles. The smallest absolute Gasteiger partial charge is 0.254 e. The predicted octanol–water partition coefficient (Wildman–Crippen LogP) is 3.49. The summed E-state index contributed by atoms with van der Waals surface area (Å²) < 4.78 is 2.24. The molecule has 5 heteroatoms. The summed E-state index contributed by atoms with van der Waals surface area (Å²) in [6, 6.07) is 15.8. The summed E-state index contributed by atoms with van der Waals surface area (Å²) in [6.07, 6.45) is 1.96. The molecule has 1 aliphatic heterocycles. The molecule has 4 rings (SSSR count). The van der Waals surface area contributed by atoms with Crippen LogP contribution in [0.2, 0.25) is 0 Å². The van der Waals surface area contributed by atoms with Gasteiger partial charge >= 0.3 is 0 Å². The quantitative estimate of drug-likeness (QED) is 0.785. The lowest BCUT2D eigenvalue weighted by molar-refractivity contribution is 0.0728. The van der Waals surface area contributed by atoms with Crippen molar-refractivity contribution in [3.05, 3.63) is 65.5 Å². The van der Waals surface area contributed by atoms with Gasteiger partial charge in [0.15, 0.2) is 0 Å². The van der Waals surface area contributed by atoms with Crippen molar-refractivity contribution in [1.29, 1.82) is 0 Å². The third-order valence-electron chi connectivity index (χ3n) is 5.25. The Morgan fingerprint density at radius 1 is 1.19 bits per heavy atom. The minimum absolute atomic E-state index is 0.0315. The van der Waals surface area contributed by atoms with Crippen molar-refractivity contribution in [3.63, 3.8) is 0 Å². The van der Waals surface area contributed by atoms with E-state index in [0.29, 0.717) is 12.1 Å². The Hall–Kier alpha value is -2.66. The van der Waals surface area contributed by atoms with Crippen molar-refractivity contribution in [1.82, 2.24) is 14.5 Å². The average molecular weight is 348 g/mol. The standard InChI is InChI=1S/C21H24N4O/c1-2-24-18-7-4-3-6-17(18)23-20(24)19-8-5-13-25(19)21(26)16-11-9-15(14-22)10-12-16/h3-4,6-7,9-12,19H,2,5,8,13-14,22H2,1H3/t19-/m0/s1. The first-order valence-corrected chi connectivity index (χ1v) is 9.28. The summed E-state index contributed by atoms with van der Waals surface area (Å²) in [7, 11) is 0. The van der Waals surface area contributed by atoms with E-state index in [1.54, 1.807) is 0 Å². The van der Waals surface area contributed by atoms with Crippen LogP contribution in [0, 0.1) is 0 Å². The Morgan fingerprint density at radius 3 is 2.69 bits per heavy atom. The monoisotopic (exact) mass is 348 g/mol. The van der Waals surface area contributed by atoms with E-state index in [1.165, 1.54) is 0 Å². The molecule has 0 aliphatic carbocycles. The van der Waals surface area contributed by atoms with Crippen molar-refractivity contribution in [3.8, 4) is 0 Å². The van der Waals surface area contributed by atoms with E-state index in [4.69, 9.17) is 10.7 Å². The summed E-state index contributed by atoms with van der Waals surface area (Å²) >= 11 is 0. The molecule has 0 saturated carbocycles. The van der Waals surface area contributed by atoms with Crippen LogP contribution >= 0.6 is 0 Å². The normalized spacial score (nSPS) is 17.2. The van der Waals surface area contributed by atoms with Crippen LogP contribution in [0.4, 0.5) is 0 Å². The highest BCUT2D eigenvalue weighted by Gasteiger charge is 2.34. The van der Waals surface area contributed by atoms with Crippen LogP contribution < -0.4 is 5.73 Å². The van der Waals surface area contributed by atoms with Crippen molar-refractivity contribution in [2.45, 2.75) is 38.9 Å². The van der Waals surface area contributed by atoms with Gasteiger partial charge < -0.3 is 15.2 Å². The minimum Gasteiger partial charge on any atom is -0.328 e. The number of rotatable bonds is 4. The first kappa shape index (κ1) is 16.8. The van der Waals surface area contributed by atoms with Gasteiger partial charge in [-0.1, -0.05) is 24.3 Å². The first-order valence-electron chi connectivity index (χ1n) is 9.28. The number of carbonyl (C=O) groups excluding carboxylic acids is 1. The van der Waals surface area contributed by atoms with Crippen LogP contribution in [-0.4, -0.2) is 26.9 Å². The predicted molar refractivity (Wildman–Crippen MR) is 103 cm³/mol. The zero-order valence-corrected chi connectivity index (χ0v) is 15.1. The number of amides is 1. The maximum atomic E-state index is 13.1. The van der Waals surface area contributed by atoms with Gasteiger partial charge in [-0.25, -0.2) is 4.98 Å². The molecule has 1 saturated heterocycles. The second-order valence-corrected chi connectivity index (χ2v) is 6.76. The molecule has 26 heavy (non-hydrogen) atoms. The summed E-state index contributed by atoms with van der Waals surface area (Å²) in [5.74, 6) is 1.07. The van der Waals surface area contributed by atoms with Gasteiger partial charge in [-0.05, 0) is 49.6 Å². The molecule has 5 nitrogen and oxygen atoms in total. The van der Waals surface area contributed by atoms with Crippen LogP contribution in [0.15, 0.2) is 48.5 Å². The number of fused-ring (bicyclic) bond motifs is 1. The number of aryl methyl sites for hydroxylation is 1. The highest BCUT2D eigenvalue weighted by atomic mass is 16.2. The van der Waals surface area contributed by atoms with Crippen LogP contribution in [0.5, 0.6) is 0 Å². The Balaban J connectivity index is 1.69. The number of carbonyl (C=O) groups is 1. The van der Waals surface area contributed by atoms with Crippen molar-refractivity contribution in [2.75, 3.05) is 6.54 Å². The van der Waals surface area contributed by atoms with E-state index < -0.39 is 0 Å². The van der Waals surface area contributed by atoms with Gasteiger partial charge in [0.25, 0.3) is 5.91 Å². The number of para-hydroxylation sites is 2. The molecule has 3 aromatic rings. The molecule has 2 heterocycles. The third-order valence-corrected chi connectivity index (χ3v) is 5.25. The van der Waals surface area contributed by atoms with Gasteiger partial charge in [0.2, 0.25) is 0 Å². The molecule has 2 N–H and O–H groups in total. The second-order valence-electron chi connectivity index (χ2n) is 6.76. The molecule has 1 atom stereocenters. The number of benzene rings is 2. The number of aromatic nitrogens is 2. The lowest BCUT2D eigenvalue weighted by Gasteiger charge is -2.25. The molecular formula is C21H24N4O. The fraction of sp³-hybridized carbons (Fsp3) is 0.333. The Labute approximate surface area is 153 Å². The van der Waals surface area contributed by atoms with Crippen molar-refractivity contribution < 1.29 is 4.79 Å². The first-order chi connectivity index (χ1) is 12.7. The number of likely N-dealkylation sites (tertiary alicyclic amines) is 1. The van der Waals surface area contributed by atoms with Gasteiger partial charge in [0.05, 0.1) is 17.1 Å². The molecule has 0 radical (unpaired) electrons. The zero-order chi connectivity index (χ0) is 18.1. The Kier molecular flexibility index (Phi) is 4.47. The van der Waals surface area contributed by atoms with Crippen LogP contribution in [0.3, 0.4) is 0 Å². The third kappa shape index (κ3) is 2.78. The topological polar surface area (TPSA) is 64.2 Å². The van der Waals surface area contributed by atoms with Gasteiger partial charge in [-0.3, -0.25) is 4.79 Å². The Bertz CT molecular complexity index is 929. The number of hydrogen-bond acceptors (Lipinski definition) is 3. The number of imidazole rings is 1. The highest BCUT2D eigenvalue weighted by molar-refractivity contribution is 5.94. The van der Waals surface area contributed by atoms with E-state index in [1.807, 2.05) is 47.4 Å². The molecule has 1 fully saturated rings. The van der Waals surface area contributed by atoms with Crippen LogP contribution in [0.1, 0.15) is 47.6 Å². The lowest BCUT2D eigenvalue weighted by atomic mass is 10.1. The second kappa shape index (κ2) is 6.92. The van der Waals surface area contributed by atoms with E-state index >= 15 is 0 Å². The number of nitrogens with zero attached hydrogens (tertiary/aromatic N) is 3. The molecule has 134 valence electrons. The van der Waals surface area contributed by atoms with Crippen LogP contribution in [0.25, 0.3) is 11.0 Å². The molecule has 1 amide bonds. The Morgan fingerprint density at radius 2 is 1.96 bits per heavy atom. The van der Waals surface area contributed by atoms with Gasteiger partial charge in [-0.15, -0.1) is 0 Å². The van der Waals surface area contributed by atoms with Crippen molar-refractivity contribution >= 4 is 16.9 Å². The molecular weight excluding hydrogens is 324 g/mol. The fourth-order valence-corrected chi connectivity index (χ4v) is 3.91. The molecule has 1 aliphatic rings. The molecule has 0 unspecified atom stereocenters. The number of hydrogen-bond donors (Lipinski definition) is 1. The summed E-state index contributed by atoms with van der Waals surface area (Å²) in [6.45, 7) is 4.24. The summed E-state index contributed by atoms with van der Waals surface area (Å²) in [5.41, 5.74) is 9.54. The SMILES string of the molecule is CCn1c([C@@H]2CCCN2C(=O)c2ccc(CN)cc2)nc2ccccc21. The summed E-state index contributed by atoms with van der Waals surface area (Å²) in [4.78, 5) is 20.0. The largest absolute Gasteiger partial charge is 0.328 e. The van der Waals surface area contributed by atoms with Gasteiger partial charge in [0.1, 0.15) is 5.82 Å². The average Bonchev–Trinajstić information content (AvgIpc) is 3.31. The maximum absolute atomic E-state index is 13.1. The van der Waals surface area contributed by atoms with Crippen molar-refractivity contribution in [2.24, 2.45) is 5.73 Å². The van der Waals surface area contributed by atoms with E-state index in [2.05, 4.69) is 17.6 Å². The lowest BCUT2D eigenvalue weighted by Crippen LogP contribution is -2.32. The zero-order valence-electron chi connectivity index (χ0n) is 15.1. The highest BCUT2D eigenvalue weighted by Crippen LogP contribution is 2.34. The van der Waals surface area contributed by atoms with Gasteiger partial charge in [-0.2, -0.15) is 0 Å². The van der Waals surface area contributed by atoms with E-state index in [9.17, 15) is 4.79 Å².